The number of hydrogen-bond donors (Lipinski definition) is 1. The highest BCUT2D eigenvalue weighted by Crippen LogP contribution is 2.32. The van der Waals surface area contributed by atoms with Crippen molar-refractivity contribution in [3.8, 4) is 0 Å². The van der Waals surface area contributed by atoms with Gasteiger partial charge in [0.1, 0.15) is 0 Å². The molecule has 0 radical (unpaired) electrons. The summed E-state index contributed by atoms with van der Waals surface area (Å²) in [5.41, 5.74) is 1.56. The van der Waals surface area contributed by atoms with Gasteiger partial charge in [0.05, 0.1) is 4.90 Å². The molecule has 0 amide bonds. The highest BCUT2D eigenvalue weighted by Gasteiger charge is 2.35. The summed E-state index contributed by atoms with van der Waals surface area (Å²) >= 11 is 3.50. The molecular weight excluding hydrogens is 338 g/mol. The average molecular weight is 360 g/mol. The fraction of sp³-hybridized carbons (Fsp3) is 0.600. The zero-order valence-electron chi connectivity index (χ0n) is 12.1. The van der Waals surface area contributed by atoms with Gasteiger partial charge in [-0.2, -0.15) is 0 Å². The minimum atomic E-state index is -3.46. The fourth-order valence-corrected chi connectivity index (χ4v) is 5.51. The summed E-state index contributed by atoms with van der Waals surface area (Å²) in [6.07, 6.45) is 5.17. The maximum absolute atomic E-state index is 12.7. The summed E-state index contributed by atoms with van der Waals surface area (Å²) in [5, 5.41) is 0.671. The fourth-order valence-electron chi connectivity index (χ4n) is 2.93. The van der Waals surface area contributed by atoms with E-state index in [0.29, 0.717) is 10.2 Å². The molecule has 0 heterocycles. The third-order valence-electron chi connectivity index (χ3n) is 4.04. The molecule has 1 aliphatic carbocycles. The molecule has 5 heteroatoms. The van der Waals surface area contributed by atoms with E-state index in [2.05, 4.69) is 20.7 Å². The first-order chi connectivity index (χ1) is 9.38. The Morgan fingerprint density at radius 1 is 1.20 bits per heavy atom. The molecule has 112 valence electrons. The van der Waals surface area contributed by atoms with Gasteiger partial charge in [-0.05, 0) is 38.3 Å². The molecule has 2 rings (SSSR count). The Labute approximate surface area is 130 Å². The number of nitrogens with one attached hydrogen (secondary N) is 1. The molecule has 0 aliphatic heterocycles. The standard InChI is InChI=1S/C15H22BrNO2S/c1-12-6-7-14(13(2)10-12)20(18,19)17-15(11-16)8-4-3-5-9-15/h6-7,10,17H,3-5,8-9,11H2,1-2H3. The molecule has 1 N–H and O–H groups in total. The van der Waals surface area contributed by atoms with Crippen LogP contribution in [-0.4, -0.2) is 19.3 Å². The first-order valence-electron chi connectivity index (χ1n) is 7.06. The zero-order valence-corrected chi connectivity index (χ0v) is 14.5. The van der Waals surface area contributed by atoms with E-state index in [9.17, 15) is 8.42 Å². The van der Waals surface area contributed by atoms with Crippen LogP contribution in [0, 0.1) is 13.8 Å². The smallest absolute Gasteiger partial charge is 0.207 e. The number of hydrogen-bond acceptors (Lipinski definition) is 2. The van der Waals surface area contributed by atoms with E-state index >= 15 is 0 Å². The normalized spacial score (nSPS) is 18.9. The van der Waals surface area contributed by atoms with Crippen LogP contribution in [0.4, 0.5) is 0 Å². The van der Waals surface area contributed by atoms with Gasteiger partial charge in [0, 0.05) is 10.9 Å². The lowest BCUT2D eigenvalue weighted by molar-refractivity contribution is 0.301. The van der Waals surface area contributed by atoms with Crippen molar-refractivity contribution >= 4 is 26.0 Å². The lowest BCUT2D eigenvalue weighted by atomic mass is 9.84. The molecule has 1 fully saturated rings. The Morgan fingerprint density at radius 3 is 2.40 bits per heavy atom. The number of sulfonamides is 1. The first kappa shape index (κ1) is 16.0. The van der Waals surface area contributed by atoms with Crippen LogP contribution in [0.1, 0.15) is 43.2 Å². The Kier molecular flexibility index (Phi) is 4.92. The van der Waals surface area contributed by atoms with Crippen molar-refractivity contribution in [1.82, 2.24) is 4.72 Å². The highest BCUT2D eigenvalue weighted by molar-refractivity contribution is 9.09. The second-order valence-corrected chi connectivity index (χ2v) is 8.06. The van der Waals surface area contributed by atoms with Crippen LogP contribution in [0.25, 0.3) is 0 Å². The van der Waals surface area contributed by atoms with E-state index in [4.69, 9.17) is 0 Å². The van der Waals surface area contributed by atoms with Crippen LogP contribution >= 0.6 is 15.9 Å². The number of halogens is 1. The first-order valence-corrected chi connectivity index (χ1v) is 9.66. The molecule has 1 aromatic carbocycles. The van der Waals surface area contributed by atoms with Crippen molar-refractivity contribution in [2.45, 2.75) is 56.4 Å². The second kappa shape index (κ2) is 6.16. The van der Waals surface area contributed by atoms with Gasteiger partial charge in [0.25, 0.3) is 0 Å². The van der Waals surface area contributed by atoms with Crippen LogP contribution in [0.5, 0.6) is 0 Å². The van der Waals surface area contributed by atoms with Crippen molar-refractivity contribution in [3.63, 3.8) is 0 Å². The predicted molar refractivity (Wildman–Crippen MR) is 85.8 cm³/mol. The quantitative estimate of drug-likeness (QED) is 0.833. The number of aryl methyl sites for hydroxylation is 2. The van der Waals surface area contributed by atoms with Gasteiger partial charge >= 0.3 is 0 Å². The molecule has 20 heavy (non-hydrogen) atoms. The third-order valence-corrected chi connectivity index (χ3v) is 6.85. The van der Waals surface area contributed by atoms with E-state index in [1.54, 1.807) is 6.07 Å². The number of alkyl halides is 1. The summed E-state index contributed by atoms with van der Waals surface area (Å²) in [7, 11) is -3.46. The van der Waals surface area contributed by atoms with Crippen molar-refractivity contribution in [2.24, 2.45) is 0 Å². The molecule has 0 bridgehead atoms. The minimum absolute atomic E-state index is 0.325. The largest absolute Gasteiger partial charge is 0.241 e. The third kappa shape index (κ3) is 3.43. The Hall–Kier alpha value is -0.390. The molecule has 0 atom stereocenters. The molecular formula is C15H22BrNO2S. The summed E-state index contributed by atoms with van der Waals surface area (Å²) in [6, 6.07) is 5.47. The maximum Gasteiger partial charge on any atom is 0.241 e. The molecule has 0 saturated heterocycles. The van der Waals surface area contributed by atoms with Crippen molar-refractivity contribution in [3.05, 3.63) is 29.3 Å². The monoisotopic (exact) mass is 359 g/mol. The van der Waals surface area contributed by atoms with E-state index in [-0.39, 0.29) is 5.54 Å². The maximum atomic E-state index is 12.7. The van der Waals surface area contributed by atoms with Crippen LogP contribution in [-0.2, 0) is 10.0 Å². The van der Waals surface area contributed by atoms with Crippen LogP contribution in [0.3, 0.4) is 0 Å². The molecule has 3 nitrogen and oxygen atoms in total. The predicted octanol–water partition coefficient (Wildman–Crippen LogP) is 3.68. The SMILES string of the molecule is Cc1ccc(S(=O)(=O)NC2(CBr)CCCCC2)c(C)c1. The summed E-state index contributed by atoms with van der Waals surface area (Å²) in [5.74, 6) is 0. The van der Waals surface area contributed by atoms with Gasteiger partial charge in [0.2, 0.25) is 10.0 Å². The molecule has 1 aromatic rings. The van der Waals surface area contributed by atoms with Gasteiger partial charge in [-0.1, -0.05) is 52.9 Å². The summed E-state index contributed by atoms with van der Waals surface area (Å²) in [6.45, 7) is 3.82. The van der Waals surface area contributed by atoms with Gasteiger partial charge in [-0.15, -0.1) is 0 Å². The van der Waals surface area contributed by atoms with Crippen LogP contribution in [0.2, 0.25) is 0 Å². The number of benzene rings is 1. The van der Waals surface area contributed by atoms with Gasteiger partial charge in [-0.25, -0.2) is 13.1 Å². The van der Waals surface area contributed by atoms with E-state index in [0.717, 1.165) is 36.8 Å². The molecule has 1 saturated carbocycles. The van der Waals surface area contributed by atoms with Gasteiger partial charge < -0.3 is 0 Å². The minimum Gasteiger partial charge on any atom is -0.207 e. The zero-order chi connectivity index (χ0) is 14.8. The second-order valence-electron chi connectivity index (χ2n) is 5.85. The van der Waals surface area contributed by atoms with Gasteiger partial charge in [-0.3, -0.25) is 0 Å². The van der Waals surface area contributed by atoms with Crippen molar-refractivity contribution in [2.75, 3.05) is 5.33 Å². The van der Waals surface area contributed by atoms with Gasteiger partial charge in [0.15, 0.2) is 0 Å². The highest BCUT2D eigenvalue weighted by atomic mass is 79.9. The summed E-state index contributed by atoms with van der Waals surface area (Å²) in [4.78, 5) is 0.397. The van der Waals surface area contributed by atoms with E-state index in [1.807, 2.05) is 26.0 Å². The summed E-state index contributed by atoms with van der Waals surface area (Å²) < 4.78 is 28.3. The molecule has 0 unspecified atom stereocenters. The molecule has 0 spiro atoms. The molecule has 1 aliphatic rings. The average Bonchev–Trinajstić information content (AvgIpc) is 2.38. The number of rotatable bonds is 4. The Bertz CT molecular complexity index is 578. The lowest BCUT2D eigenvalue weighted by Gasteiger charge is -2.36. The topological polar surface area (TPSA) is 46.2 Å². The van der Waals surface area contributed by atoms with E-state index < -0.39 is 10.0 Å². The van der Waals surface area contributed by atoms with E-state index in [1.165, 1.54) is 6.42 Å². The van der Waals surface area contributed by atoms with Crippen LogP contribution in [0.15, 0.2) is 23.1 Å². The molecule has 0 aromatic heterocycles. The Morgan fingerprint density at radius 2 is 1.85 bits per heavy atom. The van der Waals surface area contributed by atoms with Crippen molar-refractivity contribution in [1.29, 1.82) is 0 Å². The lowest BCUT2D eigenvalue weighted by Crippen LogP contribution is -2.51. The van der Waals surface area contributed by atoms with Crippen molar-refractivity contribution < 1.29 is 8.42 Å². The Balaban J connectivity index is 2.30. The van der Waals surface area contributed by atoms with Crippen LogP contribution < -0.4 is 4.72 Å².